The highest BCUT2D eigenvalue weighted by Gasteiger charge is 2.23. The number of hydrogen-bond acceptors (Lipinski definition) is 5. The Kier molecular flexibility index (Phi) is 4.05. The molecule has 7 heteroatoms. The number of nitrogens with zero attached hydrogens (tertiary/aromatic N) is 4. The Morgan fingerprint density at radius 3 is 2.68 bits per heavy atom. The number of anilines is 2. The number of rotatable bonds is 3. The summed E-state index contributed by atoms with van der Waals surface area (Å²) in [6.45, 7) is 2.04. The molecule has 2 aromatic carbocycles. The Morgan fingerprint density at radius 2 is 1.88 bits per heavy atom. The van der Waals surface area contributed by atoms with Gasteiger partial charge in [0.15, 0.2) is 0 Å². The zero-order chi connectivity index (χ0) is 17.4. The van der Waals surface area contributed by atoms with Gasteiger partial charge in [-0.1, -0.05) is 11.6 Å². The van der Waals surface area contributed by atoms with Crippen LogP contribution in [0.5, 0.6) is 0 Å². The fourth-order valence-electron chi connectivity index (χ4n) is 2.94. The van der Waals surface area contributed by atoms with Gasteiger partial charge in [0, 0.05) is 30.7 Å². The van der Waals surface area contributed by atoms with Crippen molar-refractivity contribution in [2.24, 2.45) is 0 Å². The smallest absolute Gasteiger partial charge is 0.247 e. The van der Waals surface area contributed by atoms with Gasteiger partial charge >= 0.3 is 0 Å². The molecule has 3 aromatic rings. The van der Waals surface area contributed by atoms with Gasteiger partial charge in [0.1, 0.15) is 5.82 Å². The molecular formula is C18H16ClFN4O. The first-order valence-electron chi connectivity index (χ1n) is 7.94. The van der Waals surface area contributed by atoms with Crippen molar-refractivity contribution in [2.45, 2.75) is 6.54 Å². The third-order valence-electron chi connectivity index (χ3n) is 4.28. The summed E-state index contributed by atoms with van der Waals surface area (Å²) in [7, 11) is 2.00. The molecule has 0 N–H and O–H groups in total. The van der Waals surface area contributed by atoms with Crippen LogP contribution in [-0.4, -0.2) is 30.3 Å². The number of hydrogen-bond donors (Lipinski definition) is 0. The topological polar surface area (TPSA) is 45.4 Å². The molecule has 0 fully saturated rings. The summed E-state index contributed by atoms with van der Waals surface area (Å²) in [5.74, 6) is 0.677. The largest absolute Gasteiger partial charge is 0.419 e. The minimum absolute atomic E-state index is 0.258. The number of halogens is 2. The summed E-state index contributed by atoms with van der Waals surface area (Å²) < 4.78 is 19.5. The van der Waals surface area contributed by atoms with Crippen LogP contribution in [0, 0.1) is 5.82 Å². The Balaban J connectivity index is 1.58. The molecule has 128 valence electrons. The molecule has 1 aromatic heterocycles. The van der Waals surface area contributed by atoms with Crippen LogP contribution < -0.4 is 9.80 Å². The molecule has 0 saturated carbocycles. The molecule has 0 atom stereocenters. The van der Waals surface area contributed by atoms with Gasteiger partial charge in [0.2, 0.25) is 11.8 Å². The Bertz CT molecular complexity index is 896. The minimum atomic E-state index is -0.258. The normalized spacial score (nSPS) is 13.9. The Labute approximate surface area is 149 Å². The summed E-state index contributed by atoms with van der Waals surface area (Å²) in [4.78, 5) is 4.16. The van der Waals surface area contributed by atoms with Gasteiger partial charge in [-0.05, 0) is 42.5 Å². The maximum absolute atomic E-state index is 13.7. The van der Waals surface area contributed by atoms with E-state index >= 15 is 0 Å². The molecule has 5 nitrogen and oxygen atoms in total. The van der Waals surface area contributed by atoms with Gasteiger partial charge in [0.25, 0.3) is 0 Å². The van der Waals surface area contributed by atoms with E-state index in [0.717, 1.165) is 30.0 Å². The average molecular weight is 359 g/mol. The number of aromatic nitrogens is 2. The zero-order valence-electron chi connectivity index (χ0n) is 13.6. The molecule has 0 radical (unpaired) electrons. The Morgan fingerprint density at radius 1 is 1.08 bits per heavy atom. The van der Waals surface area contributed by atoms with Crippen LogP contribution in [0.25, 0.3) is 11.5 Å². The number of likely N-dealkylation sites (N-methyl/N-ethyl adjacent to an activating group) is 1. The summed E-state index contributed by atoms with van der Waals surface area (Å²) in [5, 5.41) is 8.88. The van der Waals surface area contributed by atoms with E-state index in [9.17, 15) is 4.39 Å². The third kappa shape index (κ3) is 3.17. The lowest BCUT2D eigenvalue weighted by Gasteiger charge is -2.36. The summed E-state index contributed by atoms with van der Waals surface area (Å²) in [6, 6.07) is 12.0. The number of benzene rings is 2. The predicted molar refractivity (Wildman–Crippen MR) is 95.5 cm³/mol. The highest BCUT2D eigenvalue weighted by Crippen LogP contribution is 2.33. The van der Waals surface area contributed by atoms with Gasteiger partial charge in [-0.15, -0.1) is 10.2 Å². The van der Waals surface area contributed by atoms with E-state index in [4.69, 9.17) is 16.0 Å². The first kappa shape index (κ1) is 15.9. The summed E-state index contributed by atoms with van der Waals surface area (Å²) in [6.07, 6.45) is 0. The van der Waals surface area contributed by atoms with E-state index in [-0.39, 0.29) is 5.82 Å². The molecule has 1 aliphatic rings. The first-order valence-corrected chi connectivity index (χ1v) is 8.32. The van der Waals surface area contributed by atoms with Crippen LogP contribution in [0.1, 0.15) is 5.89 Å². The molecule has 0 saturated heterocycles. The predicted octanol–water partition coefficient (Wildman–Crippen LogP) is 3.99. The van der Waals surface area contributed by atoms with Crippen molar-refractivity contribution in [3.8, 4) is 11.5 Å². The van der Waals surface area contributed by atoms with Gasteiger partial charge in [-0.2, -0.15) is 0 Å². The molecule has 4 rings (SSSR count). The molecule has 0 aliphatic carbocycles. The Hall–Kier alpha value is -2.60. The standard InChI is InChI=1S/C18H16ClFN4O/c1-23-8-9-24(16-10-14(20)6-7-15(16)23)11-17-21-22-18(25-17)12-2-4-13(19)5-3-12/h2-7,10H,8-9,11H2,1H3. The summed E-state index contributed by atoms with van der Waals surface area (Å²) in [5.41, 5.74) is 2.64. The van der Waals surface area contributed by atoms with Crippen molar-refractivity contribution in [1.29, 1.82) is 0 Å². The SMILES string of the molecule is CN1CCN(Cc2nnc(-c3ccc(Cl)cc3)o2)c2cc(F)ccc21. The van der Waals surface area contributed by atoms with Crippen molar-refractivity contribution < 1.29 is 8.81 Å². The van der Waals surface area contributed by atoms with Gasteiger partial charge in [-0.3, -0.25) is 0 Å². The second kappa shape index (κ2) is 6.37. The van der Waals surface area contributed by atoms with Crippen LogP contribution in [0.4, 0.5) is 15.8 Å². The molecular weight excluding hydrogens is 343 g/mol. The second-order valence-corrected chi connectivity index (χ2v) is 6.42. The maximum atomic E-state index is 13.7. The lowest BCUT2D eigenvalue weighted by atomic mass is 10.1. The van der Waals surface area contributed by atoms with Crippen molar-refractivity contribution in [3.63, 3.8) is 0 Å². The van der Waals surface area contributed by atoms with Gasteiger partial charge in [-0.25, -0.2) is 4.39 Å². The average Bonchev–Trinajstić information content (AvgIpc) is 3.06. The van der Waals surface area contributed by atoms with Crippen LogP contribution in [0.3, 0.4) is 0 Å². The van der Waals surface area contributed by atoms with Gasteiger partial charge < -0.3 is 14.2 Å². The van der Waals surface area contributed by atoms with E-state index in [1.54, 1.807) is 24.3 Å². The molecule has 0 unspecified atom stereocenters. The van der Waals surface area contributed by atoms with E-state index in [0.29, 0.717) is 23.3 Å². The van der Waals surface area contributed by atoms with Crippen molar-refractivity contribution >= 4 is 23.0 Å². The minimum Gasteiger partial charge on any atom is -0.419 e. The quantitative estimate of drug-likeness (QED) is 0.708. The van der Waals surface area contributed by atoms with Crippen molar-refractivity contribution in [2.75, 3.05) is 29.9 Å². The monoisotopic (exact) mass is 358 g/mol. The van der Waals surface area contributed by atoms with Crippen molar-refractivity contribution in [1.82, 2.24) is 10.2 Å². The zero-order valence-corrected chi connectivity index (χ0v) is 14.4. The third-order valence-corrected chi connectivity index (χ3v) is 4.53. The highest BCUT2D eigenvalue weighted by molar-refractivity contribution is 6.30. The molecule has 25 heavy (non-hydrogen) atoms. The van der Waals surface area contributed by atoms with E-state index in [2.05, 4.69) is 20.0 Å². The van der Waals surface area contributed by atoms with Crippen LogP contribution >= 0.6 is 11.6 Å². The molecule has 2 heterocycles. The van der Waals surface area contributed by atoms with Crippen LogP contribution in [-0.2, 0) is 6.54 Å². The number of fused-ring (bicyclic) bond motifs is 1. The van der Waals surface area contributed by atoms with Crippen LogP contribution in [0.15, 0.2) is 46.9 Å². The molecule has 0 amide bonds. The fourth-order valence-corrected chi connectivity index (χ4v) is 3.06. The highest BCUT2D eigenvalue weighted by atomic mass is 35.5. The first-order chi connectivity index (χ1) is 12.1. The van der Waals surface area contributed by atoms with Crippen LogP contribution in [0.2, 0.25) is 5.02 Å². The van der Waals surface area contributed by atoms with E-state index < -0.39 is 0 Å². The molecule has 1 aliphatic heterocycles. The molecule has 0 bridgehead atoms. The molecule has 0 spiro atoms. The van der Waals surface area contributed by atoms with E-state index in [1.807, 2.05) is 19.2 Å². The second-order valence-electron chi connectivity index (χ2n) is 5.98. The lowest BCUT2D eigenvalue weighted by molar-refractivity contribution is 0.495. The maximum Gasteiger partial charge on any atom is 0.247 e. The van der Waals surface area contributed by atoms with Gasteiger partial charge in [0.05, 0.1) is 17.9 Å². The van der Waals surface area contributed by atoms with Crippen molar-refractivity contribution in [3.05, 3.63) is 59.2 Å². The fraction of sp³-hybridized carbons (Fsp3) is 0.222. The van der Waals surface area contributed by atoms with E-state index in [1.165, 1.54) is 6.07 Å². The summed E-state index contributed by atoms with van der Waals surface area (Å²) >= 11 is 5.90. The lowest BCUT2D eigenvalue weighted by Crippen LogP contribution is -2.38.